The molecular weight excluding hydrogens is 500 g/mol. The number of H-pyrrole nitrogens is 1. The van der Waals surface area contributed by atoms with Gasteiger partial charge in [-0.3, -0.25) is 19.2 Å². The molecule has 2 aromatic rings. The third-order valence-corrected chi connectivity index (χ3v) is 6.75. The van der Waals surface area contributed by atoms with Crippen LogP contribution in [0.2, 0.25) is 0 Å². The second-order valence-corrected chi connectivity index (χ2v) is 9.37. The highest BCUT2D eigenvalue weighted by atomic mass is 32.1. The first kappa shape index (κ1) is 28.0. The highest BCUT2D eigenvalue weighted by Gasteiger charge is 2.38. The van der Waals surface area contributed by atoms with Crippen molar-refractivity contribution in [3.8, 4) is 0 Å². The van der Waals surface area contributed by atoms with Crippen LogP contribution in [0.4, 0.5) is 0 Å². The molecule has 3 rings (SSSR count). The SMILES string of the molecule is NC(=O)CCC(NC(=O)C(CS)NC(=O)C1CCCN1C(=O)C(N)Cc1c[nH]c2ccccc12)C(=O)O. The normalized spacial score (nSPS) is 17.7. The zero-order valence-corrected chi connectivity index (χ0v) is 21.1. The number of aromatic nitrogens is 1. The van der Waals surface area contributed by atoms with Crippen LogP contribution in [0.5, 0.6) is 0 Å². The number of carbonyl (C=O) groups excluding carboxylic acids is 4. The fourth-order valence-electron chi connectivity index (χ4n) is 4.42. The van der Waals surface area contributed by atoms with Gasteiger partial charge >= 0.3 is 5.97 Å². The molecule has 0 aliphatic carbocycles. The van der Waals surface area contributed by atoms with Crippen molar-refractivity contribution in [3.63, 3.8) is 0 Å². The first-order chi connectivity index (χ1) is 17.6. The first-order valence-corrected chi connectivity index (χ1v) is 12.6. The van der Waals surface area contributed by atoms with E-state index in [9.17, 15) is 29.1 Å². The highest BCUT2D eigenvalue weighted by Crippen LogP contribution is 2.22. The molecule has 0 saturated carbocycles. The molecule has 200 valence electrons. The predicted molar refractivity (Wildman–Crippen MR) is 138 cm³/mol. The Morgan fingerprint density at radius 3 is 2.57 bits per heavy atom. The largest absolute Gasteiger partial charge is 0.480 e. The molecule has 1 fully saturated rings. The quantitative estimate of drug-likeness (QED) is 0.175. The summed E-state index contributed by atoms with van der Waals surface area (Å²) >= 11 is 4.11. The van der Waals surface area contributed by atoms with Gasteiger partial charge in [-0.2, -0.15) is 12.6 Å². The maximum absolute atomic E-state index is 13.2. The van der Waals surface area contributed by atoms with E-state index in [4.69, 9.17) is 11.5 Å². The number of carboxylic acids is 1. The number of carboxylic acid groups (broad SMARTS) is 1. The molecule has 0 spiro atoms. The minimum absolute atomic E-state index is 0.111. The van der Waals surface area contributed by atoms with Crippen LogP contribution in [-0.4, -0.2) is 81.1 Å². The fraction of sp³-hybridized carbons (Fsp3) is 0.458. The monoisotopic (exact) mass is 532 g/mol. The number of nitrogens with one attached hydrogen (secondary N) is 3. The summed E-state index contributed by atoms with van der Waals surface area (Å²) in [5.74, 6) is -3.84. The third kappa shape index (κ3) is 7.01. The van der Waals surface area contributed by atoms with E-state index in [0.29, 0.717) is 19.4 Å². The fourth-order valence-corrected chi connectivity index (χ4v) is 4.68. The number of thiol groups is 1. The van der Waals surface area contributed by atoms with Crippen molar-refractivity contribution in [2.45, 2.75) is 56.3 Å². The average Bonchev–Trinajstić information content (AvgIpc) is 3.51. The van der Waals surface area contributed by atoms with Crippen LogP contribution in [-0.2, 0) is 30.4 Å². The zero-order chi connectivity index (χ0) is 27.1. The summed E-state index contributed by atoms with van der Waals surface area (Å²) in [4.78, 5) is 65.8. The lowest BCUT2D eigenvalue weighted by molar-refractivity contribution is -0.143. The number of benzene rings is 1. The number of nitrogens with zero attached hydrogens (tertiary/aromatic N) is 1. The summed E-state index contributed by atoms with van der Waals surface area (Å²) in [6, 6.07) is 3.49. The van der Waals surface area contributed by atoms with Gasteiger partial charge in [0.15, 0.2) is 0 Å². The zero-order valence-electron chi connectivity index (χ0n) is 20.2. The van der Waals surface area contributed by atoms with E-state index >= 15 is 0 Å². The number of para-hydroxylation sites is 1. The molecule has 37 heavy (non-hydrogen) atoms. The lowest BCUT2D eigenvalue weighted by Gasteiger charge is -2.28. The first-order valence-electron chi connectivity index (χ1n) is 12.0. The van der Waals surface area contributed by atoms with Crippen molar-refractivity contribution < 1.29 is 29.1 Å². The molecule has 4 unspecified atom stereocenters. The smallest absolute Gasteiger partial charge is 0.326 e. The molecule has 4 amide bonds. The maximum Gasteiger partial charge on any atom is 0.326 e. The number of aliphatic carboxylic acids is 1. The van der Waals surface area contributed by atoms with Gasteiger partial charge in [0.05, 0.1) is 6.04 Å². The highest BCUT2D eigenvalue weighted by molar-refractivity contribution is 7.80. The number of carbonyl (C=O) groups is 5. The number of rotatable bonds is 12. The van der Waals surface area contributed by atoms with Crippen molar-refractivity contribution in [2.75, 3.05) is 12.3 Å². The van der Waals surface area contributed by atoms with Crippen LogP contribution >= 0.6 is 12.6 Å². The van der Waals surface area contributed by atoms with Crippen molar-refractivity contribution >= 4 is 53.1 Å². The minimum Gasteiger partial charge on any atom is -0.480 e. The molecule has 13 heteroatoms. The van der Waals surface area contributed by atoms with Crippen molar-refractivity contribution in [2.24, 2.45) is 11.5 Å². The number of amides is 4. The topological polar surface area (TPSA) is 201 Å². The average molecular weight is 533 g/mol. The Kier molecular flexibility index (Phi) is 9.53. The summed E-state index contributed by atoms with van der Waals surface area (Å²) < 4.78 is 0. The Labute approximate surface area is 218 Å². The maximum atomic E-state index is 13.2. The van der Waals surface area contributed by atoms with Crippen molar-refractivity contribution in [1.29, 1.82) is 0 Å². The van der Waals surface area contributed by atoms with Crippen LogP contribution < -0.4 is 22.1 Å². The standard InChI is InChI=1S/C24H32N6O6S/c25-15(10-13-11-27-16-5-2-1-4-14(13)16)23(34)30-9-3-6-19(30)22(33)29-18(12-37)21(32)28-17(24(35)36)7-8-20(26)31/h1-2,4-5,11,15,17-19,27,37H,3,6-10,12,25H2,(H2,26,31)(H,28,32)(H,29,33)(H,35,36). The Morgan fingerprint density at radius 1 is 1.16 bits per heavy atom. The molecule has 0 radical (unpaired) electrons. The van der Waals surface area contributed by atoms with Crippen LogP contribution in [0.3, 0.4) is 0 Å². The van der Waals surface area contributed by atoms with Gasteiger partial charge in [0.1, 0.15) is 18.1 Å². The van der Waals surface area contributed by atoms with Crippen molar-refractivity contribution in [3.05, 3.63) is 36.0 Å². The molecule has 1 aliphatic rings. The van der Waals surface area contributed by atoms with Gasteiger partial charge in [-0.25, -0.2) is 4.79 Å². The second kappa shape index (κ2) is 12.6. The number of hydrogen-bond donors (Lipinski definition) is 7. The van der Waals surface area contributed by atoms with Crippen LogP contribution in [0.25, 0.3) is 10.9 Å². The Balaban J connectivity index is 1.62. The number of aromatic amines is 1. The molecule has 1 aliphatic heterocycles. The van der Waals surface area contributed by atoms with E-state index in [1.165, 1.54) is 4.90 Å². The van der Waals surface area contributed by atoms with Gasteiger partial charge in [0.25, 0.3) is 0 Å². The summed E-state index contributed by atoms with van der Waals surface area (Å²) in [5.41, 5.74) is 13.1. The number of nitrogens with two attached hydrogens (primary N) is 2. The molecule has 2 heterocycles. The lowest BCUT2D eigenvalue weighted by Crippen LogP contribution is -2.57. The Hall–Kier alpha value is -3.58. The third-order valence-electron chi connectivity index (χ3n) is 6.38. The van der Waals surface area contributed by atoms with Gasteiger partial charge in [-0.15, -0.1) is 0 Å². The van der Waals surface area contributed by atoms with Gasteiger partial charge in [-0.05, 0) is 37.3 Å². The predicted octanol–water partition coefficient (Wildman–Crippen LogP) is -0.722. The summed E-state index contributed by atoms with van der Waals surface area (Å²) in [6.45, 7) is 0.352. The lowest BCUT2D eigenvalue weighted by atomic mass is 10.0. The number of primary amides is 1. The molecule has 12 nitrogen and oxygen atoms in total. The summed E-state index contributed by atoms with van der Waals surface area (Å²) in [5, 5.41) is 15.1. The Morgan fingerprint density at radius 2 is 1.89 bits per heavy atom. The molecule has 8 N–H and O–H groups in total. The second-order valence-electron chi connectivity index (χ2n) is 9.01. The molecule has 1 aromatic carbocycles. The molecule has 1 aromatic heterocycles. The number of hydrogen-bond acceptors (Lipinski definition) is 7. The van der Waals surface area contributed by atoms with E-state index in [2.05, 4.69) is 28.2 Å². The molecule has 0 bridgehead atoms. The molecule has 4 atom stereocenters. The molecular formula is C24H32N6O6S. The van der Waals surface area contributed by atoms with Crippen LogP contribution in [0, 0.1) is 0 Å². The van der Waals surface area contributed by atoms with Gasteiger partial charge in [-0.1, -0.05) is 18.2 Å². The number of fused-ring (bicyclic) bond motifs is 1. The van der Waals surface area contributed by atoms with Crippen LogP contribution in [0.15, 0.2) is 30.5 Å². The van der Waals surface area contributed by atoms with Gasteiger partial charge in [0, 0.05) is 35.8 Å². The van der Waals surface area contributed by atoms with Crippen LogP contribution in [0.1, 0.15) is 31.2 Å². The minimum atomic E-state index is -1.36. The summed E-state index contributed by atoms with van der Waals surface area (Å²) in [6.07, 6.45) is 2.67. The van der Waals surface area contributed by atoms with E-state index in [1.807, 2.05) is 30.5 Å². The summed E-state index contributed by atoms with van der Waals surface area (Å²) in [7, 11) is 0. The van der Waals surface area contributed by atoms with Crippen molar-refractivity contribution in [1.82, 2.24) is 20.5 Å². The van der Waals surface area contributed by atoms with E-state index < -0.39 is 47.9 Å². The van der Waals surface area contributed by atoms with E-state index in [0.717, 1.165) is 16.5 Å². The van der Waals surface area contributed by atoms with E-state index in [-0.39, 0.29) is 30.9 Å². The molecule has 1 saturated heterocycles. The number of likely N-dealkylation sites (tertiary alicyclic amines) is 1. The van der Waals surface area contributed by atoms with Gasteiger partial charge < -0.3 is 37.1 Å². The Bertz CT molecular complexity index is 1170. The van der Waals surface area contributed by atoms with Gasteiger partial charge in [0.2, 0.25) is 23.6 Å². The van der Waals surface area contributed by atoms with E-state index in [1.54, 1.807) is 0 Å².